The first-order valence-corrected chi connectivity index (χ1v) is 4.46. The van der Waals surface area contributed by atoms with Gasteiger partial charge in [-0.05, 0) is 12.8 Å². The highest BCUT2D eigenvalue weighted by molar-refractivity contribution is 5.79. The highest BCUT2D eigenvalue weighted by Gasteiger charge is 2.25. The Morgan fingerprint density at radius 3 is 2.58 bits per heavy atom. The van der Waals surface area contributed by atoms with Gasteiger partial charge < -0.3 is 10.6 Å². The minimum atomic E-state index is 0.366. The van der Waals surface area contributed by atoms with Crippen LogP contribution in [0.25, 0.3) is 0 Å². The molecule has 4 nitrogen and oxygen atoms in total. The molecule has 0 aliphatic carbocycles. The summed E-state index contributed by atoms with van der Waals surface area (Å²) in [6.07, 6.45) is 3.94. The fraction of sp³-hybridized carbons (Fsp3) is 0.875. The minimum Gasteiger partial charge on any atom is -0.368 e. The van der Waals surface area contributed by atoms with Crippen molar-refractivity contribution < 1.29 is 0 Å². The first kappa shape index (κ1) is 9.16. The van der Waals surface area contributed by atoms with Crippen molar-refractivity contribution in [2.24, 2.45) is 10.8 Å². The molecule has 1 atom stereocenters. The van der Waals surface area contributed by atoms with E-state index in [1.54, 1.807) is 0 Å². The van der Waals surface area contributed by atoms with Gasteiger partial charge in [-0.2, -0.15) is 0 Å². The molecular weight excluding hydrogens is 152 g/mol. The summed E-state index contributed by atoms with van der Waals surface area (Å²) >= 11 is 0. The normalized spacial score (nSPS) is 23.2. The lowest BCUT2D eigenvalue weighted by molar-refractivity contribution is 0.165. The average molecular weight is 170 g/mol. The van der Waals surface area contributed by atoms with Crippen molar-refractivity contribution in [2.75, 3.05) is 14.1 Å². The number of unbranched alkanes of at least 4 members (excludes halogenated alkanes) is 1. The lowest BCUT2D eigenvalue weighted by Gasteiger charge is -2.25. The van der Waals surface area contributed by atoms with Gasteiger partial charge in [-0.25, -0.2) is 0 Å². The molecule has 0 amide bonds. The Bertz CT molecular complexity index is 178. The molecule has 1 rings (SSSR count). The number of nitrogens with zero attached hydrogens (tertiary/aromatic N) is 3. The van der Waals surface area contributed by atoms with Crippen molar-refractivity contribution in [3.8, 4) is 0 Å². The molecule has 0 aromatic rings. The molecule has 0 fully saturated rings. The van der Waals surface area contributed by atoms with E-state index in [9.17, 15) is 0 Å². The van der Waals surface area contributed by atoms with Crippen molar-refractivity contribution in [3.63, 3.8) is 0 Å². The van der Waals surface area contributed by atoms with E-state index < -0.39 is 0 Å². The van der Waals surface area contributed by atoms with Crippen molar-refractivity contribution in [1.29, 1.82) is 0 Å². The second kappa shape index (κ2) is 3.65. The molecule has 0 saturated heterocycles. The van der Waals surface area contributed by atoms with Crippen molar-refractivity contribution in [2.45, 2.75) is 32.4 Å². The van der Waals surface area contributed by atoms with Crippen LogP contribution in [0.5, 0.6) is 0 Å². The lowest BCUT2D eigenvalue weighted by Crippen LogP contribution is -2.40. The van der Waals surface area contributed by atoms with Gasteiger partial charge in [0.25, 0.3) is 0 Å². The maximum atomic E-state index is 5.67. The molecule has 1 aliphatic rings. The molecule has 12 heavy (non-hydrogen) atoms. The van der Waals surface area contributed by atoms with Gasteiger partial charge in [-0.1, -0.05) is 13.3 Å². The van der Waals surface area contributed by atoms with E-state index in [-0.39, 0.29) is 0 Å². The first-order chi connectivity index (χ1) is 5.66. The van der Waals surface area contributed by atoms with Crippen molar-refractivity contribution in [1.82, 2.24) is 9.91 Å². The van der Waals surface area contributed by atoms with E-state index >= 15 is 0 Å². The predicted molar refractivity (Wildman–Crippen MR) is 50.5 cm³/mol. The third kappa shape index (κ3) is 1.62. The van der Waals surface area contributed by atoms with Crippen LogP contribution in [0.3, 0.4) is 0 Å². The monoisotopic (exact) mass is 170 g/mol. The summed E-state index contributed by atoms with van der Waals surface area (Å²) in [5.74, 6) is 0.624. The summed E-state index contributed by atoms with van der Waals surface area (Å²) in [5.41, 5.74) is 5.67. The number of nitrogens with two attached hydrogens (primary N) is 1. The molecule has 0 saturated carbocycles. The van der Waals surface area contributed by atoms with Crippen LogP contribution in [0.4, 0.5) is 0 Å². The number of rotatable bonds is 3. The Hall–Kier alpha value is -0.930. The molecule has 1 aliphatic heterocycles. The molecule has 4 heteroatoms. The zero-order valence-corrected chi connectivity index (χ0v) is 8.12. The number of hydrogen-bond donors (Lipinski definition) is 1. The Morgan fingerprint density at radius 2 is 2.17 bits per heavy atom. The molecule has 0 aromatic carbocycles. The van der Waals surface area contributed by atoms with E-state index in [1.807, 2.05) is 24.0 Å². The smallest absolute Gasteiger partial charge is 0.215 e. The fourth-order valence-corrected chi connectivity index (χ4v) is 1.47. The zero-order chi connectivity index (χ0) is 9.14. The highest BCUT2D eigenvalue weighted by atomic mass is 15.6. The molecule has 0 radical (unpaired) electrons. The zero-order valence-electron chi connectivity index (χ0n) is 8.12. The third-order valence-electron chi connectivity index (χ3n) is 2.32. The molecule has 0 bridgehead atoms. The van der Waals surface area contributed by atoms with Crippen LogP contribution in [0, 0.1) is 0 Å². The van der Waals surface area contributed by atoms with Gasteiger partial charge in [-0.15, -0.1) is 5.10 Å². The standard InChI is InChI=1S/C8H18N4/c1-4-5-6-7-11(2)8(9)10-12(7)3/h7H,4-6H2,1-3H3,(H2,9,10). The van der Waals surface area contributed by atoms with Crippen LogP contribution in [-0.4, -0.2) is 36.1 Å². The van der Waals surface area contributed by atoms with Gasteiger partial charge in [-0.3, -0.25) is 5.01 Å². The second-order valence-electron chi connectivity index (χ2n) is 3.27. The quantitative estimate of drug-likeness (QED) is 0.675. The van der Waals surface area contributed by atoms with Crippen LogP contribution in [0.1, 0.15) is 26.2 Å². The maximum Gasteiger partial charge on any atom is 0.215 e. The molecule has 70 valence electrons. The maximum absolute atomic E-state index is 5.67. The number of guanidine groups is 1. The van der Waals surface area contributed by atoms with Gasteiger partial charge in [0.15, 0.2) is 0 Å². The van der Waals surface area contributed by atoms with Gasteiger partial charge in [0.1, 0.15) is 6.17 Å². The topological polar surface area (TPSA) is 44.9 Å². The van der Waals surface area contributed by atoms with Crippen LogP contribution in [0.2, 0.25) is 0 Å². The molecule has 1 unspecified atom stereocenters. The van der Waals surface area contributed by atoms with Gasteiger partial charge in [0, 0.05) is 14.1 Å². The lowest BCUT2D eigenvalue weighted by atomic mass is 10.2. The predicted octanol–water partition coefficient (Wildman–Crippen LogP) is 0.610. The van der Waals surface area contributed by atoms with E-state index in [0.717, 1.165) is 6.42 Å². The Balaban J connectivity index is 2.46. The van der Waals surface area contributed by atoms with Crippen LogP contribution in [0.15, 0.2) is 5.10 Å². The molecule has 2 N–H and O–H groups in total. The van der Waals surface area contributed by atoms with E-state index in [4.69, 9.17) is 5.73 Å². The molecule has 0 aromatic heterocycles. The number of hydrazone groups is 1. The molecule has 0 spiro atoms. The van der Waals surface area contributed by atoms with E-state index in [0.29, 0.717) is 12.1 Å². The molecule has 1 heterocycles. The van der Waals surface area contributed by atoms with Crippen molar-refractivity contribution >= 4 is 5.96 Å². The summed E-state index contributed by atoms with van der Waals surface area (Å²) in [5, 5.41) is 6.09. The summed E-state index contributed by atoms with van der Waals surface area (Å²) < 4.78 is 0. The fourth-order valence-electron chi connectivity index (χ4n) is 1.47. The SMILES string of the molecule is CCCCC1N(C)N=C(N)N1C. The second-order valence-corrected chi connectivity index (χ2v) is 3.27. The van der Waals surface area contributed by atoms with E-state index in [2.05, 4.69) is 12.0 Å². The average Bonchev–Trinajstić information content (AvgIpc) is 2.25. The summed E-state index contributed by atoms with van der Waals surface area (Å²) in [4.78, 5) is 2.02. The highest BCUT2D eigenvalue weighted by Crippen LogP contribution is 2.15. The van der Waals surface area contributed by atoms with Gasteiger partial charge >= 0.3 is 0 Å². The molecular formula is C8H18N4. The van der Waals surface area contributed by atoms with Gasteiger partial charge in [0.2, 0.25) is 5.96 Å². The summed E-state index contributed by atoms with van der Waals surface area (Å²) in [6, 6.07) is 0. The summed E-state index contributed by atoms with van der Waals surface area (Å²) in [7, 11) is 3.96. The minimum absolute atomic E-state index is 0.366. The third-order valence-corrected chi connectivity index (χ3v) is 2.32. The van der Waals surface area contributed by atoms with E-state index in [1.165, 1.54) is 12.8 Å². The Labute approximate surface area is 74.0 Å². The Kier molecular flexibility index (Phi) is 2.78. The summed E-state index contributed by atoms with van der Waals surface area (Å²) in [6.45, 7) is 2.19. The van der Waals surface area contributed by atoms with Crippen molar-refractivity contribution in [3.05, 3.63) is 0 Å². The van der Waals surface area contributed by atoms with Crippen LogP contribution in [-0.2, 0) is 0 Å². The van der Waals surface area contributed by atoms with Crippen LogP contribution >= 0.6 is 0 Å². The number of hydrogen-bond acceptors (Lipinski definition) is 4. The van der Waals surface area contributed by atoms with Gasteiger partial charge in [0.05, 0.1) is 0 Å². The van der Waals surface area contributed by atoms with Crippen LogP contribution < -0.4 is 5.73 Å². The largest absolute Gasteiger partial charge is 0.368 e. The first-order valence-electron chi connectivity index (χ1n) is 4.46. The Morgan fingerprint density at radius 1 is 1.50 bits per heavy atom.